The molecular formula is C53H74N12O10S. The van der Waals surface area contributed by atoms with Crippen LogP contribution in [-0.2, 0) is 61.0 Å². The van der Waals surface area contributed by atoms with E-state index >= 15 is 0 Å². The number of amides is 8. The molecule has 1 aliphatic heterocycles. The number of hydrogen-bond acceptors (Lipinski definition) is 11. The number of rotatable bonds is 17. The van der Waals surface area contributed by atoms with Crippen LogP contribution < -0.4 is 53.6 Å². The number of sulfone groups is 1. The molecule has 1 aliphatic rings. The van der Waals surface area contributed by atoms with Crippen LogP contribution in [0.15, 0.2) is 72.9 Å². The molecule has 0 radical (unpaired) electrons. The first-order chi connectivity index (χ1) is 36.3. The first-order valence-corrected chi connectivity index (χ1v) is 28.0. The van der Waals surface area contributed by atoms with Crippen molar-refractivity contribution in [2.45, 2.75) is 134 Å². The van der Waals surface area contributed by atoms with E-state index in [1.165, 1.54) is 6.92 Å². The van der Waals surface area contributed by atoms with Gasteiger partial charge >= 0.3 is 0 Å². The molecule has 22 nitrogen and oxygen atoms in total. The zero-order chi connectivity index (χ0) is 55.2. The van der Waals surface area contributed by atoms with Crippen LogP contribution in [0.4, 0.5) is 0 Å². The predicted molar refractivity (Wildman–Crippen MR) is 289 cm³/mol. The van der Waals surface area contributed by atoms with Gasteiger partial charge < -0.3 is 58.6 Å². The number of guanidine groups is 1. The first-order valence-electron chi connectivity index (χ1n) is 25.9. The molecule has 412 valence electrons. The normalized spacial score (nSPS) is 20.6. The highest BCUT2D eigenvalue weighted by Crippen LogP contribution is 2.22. The number of unbranched alkanes of at least 4 members (excludes halogenated alkanes) is 1. The number of hydrogen-bond donors (Lipinski definition) is 12. The molecule has 0 saturated carbocycles. The van der Waals surface area contributed by atoms with Crippen molar-refractivity contribution in [2.24, 2.45) is 5.73 Å². The number of fused-ring (bicyclic) bond motifs is 2. The van der Waals surface area contributed by atoms with Crippen molar-refractivity contribution in [1.82, 2.24) is 52.8 Å². The summed E-state index contributed by atoms with van der Waals surface area (Å²) in [6.07, 6.45) is 4.94. The van der Waals surface area contributed by atoms with Crippen molar-refractivity contribution >= 4 is 84.7 Å². The van der Waals surface area contributed by atoms with Gasteiger partial charge in [0.25, 0.3) is 0 Å². The lowest BCUT2D eigenvalue weighted by atomic mass is 9.97. The van der Waals surface area contributed by atoms with Crippen molar-refractivity contribution in [2.75, 3.05) is 31.6 Å². The fraction of sp³-hybridized carbons (Fsp3) is 0.491. The molecule has 13 N–H and O–H groups in total. The number of carbonyl (C=O) groups is 8. The smallest absolute Gasteiger partial charge is 0.243 e. The maximum absolute atomic E-state index is 14.9. The summed E-state index contributed by atoms with van der Waals surface area (Å²) < 4.78 is 25.3. The van der Waals surface area contributed by atoms with Crippen LogP contribution >= 0.6 is 0 Å². The van der Waals surface area contributed by atoms with E-state index < -0.39 is 106 Å². The molecule has 1 fully saturated rings. The molecule has 0 unspecified atom stereocenters. The van der Waals surface area contributed by atoms with Gasteiger partial charge in [-0.05, 0) is 79.3 Å². The molecule has 76 heavy (non-hydrogen) atoms. The van der Waals surface area contributed by atoms with Crippen molar-refractivity contribution in [3.8, 4) is 0 Å². The van der Waals surface area contributed by atoms with Crippen LogP contribution in [0.25, 0.3) is 21.7 Å². The molecular weight excluding hydrogens is 997 g/mol. The van der Waals surface area contributed by atoms with Gasteiger partial charge in [0.05, 0.1) is 5.75 Å². The lowest BCUT2D eigenvalue weighted by molar-refractivity contribution is -0.135. The van der Waals surface area contributed by atoms with Crippen LogP contribution in [-0.4, -0.2) is 135 Å². The van der Waals surface area contributed by atoms with E-state index in [0.717, 1.165) is 33.5 Å². The molecule has 2 heterocycles. The predicted octanol–water partition coefficient (Wildman–Crippen LogP) is 1.12. The Labute approximate surface area is 443 Å². The molecule has 0 bridgehead atoms. The number of aromatic amines is 1. The van der Waals surface area contributed by atoms with Gasteiger partial charge in [0.1, 0.15) is 46.1 Å². The third kappa shape index (κ3) is 19.3. The standard InChI is InChI=1S/C53H74N12O10S/c1-4-5-20-40(60-33(2)66)48(69)62-42-23-24-46(67)56-26-11-6-12-27-57-47(68)44(31-36-32-59-39-21-10-9-19-38(36)39)64-49(70)41(22-14-28-58-53(54)55)61-52(73)45(30-35-17-13-16-34-15-7-8-18-37(34)35)65-51(72)43(63-50(42)71)25-29-76(3,74)75/h7-10,13,15-19,21,32,40-45,59H,4-6,11-12,14,20,22-31H2,1-3H3,(H,56,67)(H,57,68)(H,60,66)(H,61,73)(H,62,69)(H,63,71)(H,64,70)(H,65,72)(H4,54,55,58)/t40-,41+,42+,43+,44+,45-/m1/s1. The summed E-state index contributed by atoms with van der Waals surface area (Å²) in [7, 11) is -3.77. The Morgan fingerprint density at radius 3 is 2.03 bits per heavy atom. The largest absolute Gasteiger partial charge is 0.370 e. The van der Waals surface area contributed by atoms with Crippen molar-refractivity contribution < 1.29 is 46.8 Å². The van der Waals surface area contributed by atoms with Gasteiger partial charge in [-0.1, -0.05) is 80.4 Å². The van der Waals surface area contributed by atoms with E-state index in [1.54, 1.807) is 18.3 Å². The highest BCUT2D eigenvalue weighted by atomic mass is 32.2. The van der Waals surface area contributed by atoms with E-state index in [2.05, 4.69) is 52.8 Å². The second-order valence-electron chi connectivity index (χ2n) is 19.2. The van der Waals surface area contributed by atoms with E-state index in [0.29, 0.717) is 37.7 Å². The van der Waals surface area contributed by atoms with Gasteiger partial charge in [-0.25, -0.2) is 8.42 Å². The van der Waals surface area contributed by atoms with Gasteiger partial charge in [0, 0.05) is 69.2 Å². The summed E-state index contributed by atoms with van der Waals surface area (Å²) in [6, 6.07) is 12.2. The number of carbonyl (C=O) groups excluding carboxylic acids is 8. The van der Waals surface area contributed by atoms with E-state index in [9.17, 15) is 46.8 Å². The number of H-pyrrole nitrogens is 1. The zero-order valence-electron chi connectivity index (χ0n) is 43.5. The minimum Gasteiger partial charge on any atom is -0.370 e. The van der Waals surface area contributed by atoms with Gasteiger partial charge in [-0.15, -0.1) is 0 Å². The number of aromatic nitrogens is 1. The highest BCUT2D eigenvalue weighted by molar-refractivity contribution is 7.90. The minimum absolute atomic E-state index is 0.0217. The van der Waals surface area contributed by atoms with E-state index in [4.69, 9.17) is 11.1 Å². The molecule has 3 aromatic carbocycles. The monoisotopic (exact) mass is 1070 g/mol. The molecule has 5 rings (SSSR count). The second kappa shape index (κ2) is 29.5. The molecule has 1 saturated heterocycles. The van der Waals surface area contributed by atoms with Crippen LogP contribution in [0.5, 0.6) is 0 Å². The zero-order valence-corrected chi connectivity index (χ0v) is 44.3. The molecule has 6 atom stereocenters. The third-order valence-electron chi connectivity index (χ3n) is 13.0. The summed E-state index contributed by atoms with van der Waals surface area (Å²) in [6.45, 7) is 3.78. The summed E-state index contributed by atoms with van der Waals surface area (Å²) in [5, 5.41) is 34.7. The molecule has 4 aromatic rings. The van der Waals surface area contributed by atoms with Crippen molar-refractivity contribution in [3.63, 3.8) is 0 Å². The second-order valence-corrected chi connectivity index (χ2v) is 21.5. The van der Waals surface area contributed by atoms with Crippen LogP contribution in [0, 0.1) is 5.41 Å². The van der Waals surface area contributed by atoms with Crippen LogP contribution in [0.2, 0.25) is 0 Å². The first kappa shape index (κ1) is 59.3. The average Bonchev–Trinajstić information content (AvgIpc) is 3.79. The Balaban J connectivity index is 1.55. The topological polar surface area (TPSA) is 345 Å². The Morgan fingerprint density at radius 2 is 1.33 bits per heavy atom. The van der Waals surface area contributed by atoms with Crippen LogP contribution in [0.1, 0.15) is 95.6 Å². The highest BCUT2D eigenvalue weighted by Gasteiger charge is 2.35. The summed E-state index contributed by atoms with van der Waals surface area (Å²) in [4.78, 5) is 115. The average molecular weight is 1070 g/mol. The SMILES string of the molecule is CCCC[C@@H](NC(C)=O)C(=O)N[C@H]1CCC(=O)NCCCCCNC(=O)[C@H](Cc2c[nH]c3ccccc23)NC(=O)[C@H](CCCNC(=N)N)NC(=O)[C@@H](Cc2cccc3ccccc23)NC(=O)[C@H](CCS(C)(=O)=O)NC1=O. The summed E-state index contributed by atoms with van der Waals surface area (Å²) in [5.74, 6) is -6.50. The fourth-order valence-corrected chi connectivity index (χ4v) is 9.60. The Hall–Kier alpha value is -7.56. The number of para-hydroxylation sites is 1. The van der Waals surface area contributed by atoms with Crippen LogP contribution in [0.3, 0.4) is 0 Å². The van der Waals surface area contributed by atoms with Gasteiger partial charge in [0.2, 0.25) is 47.3 Å². The Kier molecular flexibility index (Phi) is 23.0. The maximum Gasteiger partial charge on any atom is 0.243 e. The molecule has 8 amide bonds. The lowest BCUT2D eigenvalue weighted by Crippen LogP contribution is -2.60. The molecule has 0 spiro atoms. The van der Waals surface area contributed by atoms with Gasteiger partial charge in [-0.3, -0.25) is 43.8 Å². The maximum atomic E-state index is 14.9. The third-order valence-corrected chi connectivity index (χ3v) is 14.0. The van der Waals surface area contributed by atoms with E-state index in [1.807, 2.05) is 61.5 Å². The number of nitrogens with two attached hydrogens (primary N) is 1. The molecule has 23 heteroatoms. The number of nitrogens with one attached hydrogen (secondary N) is 11. The Bertz CT molecular complexity index is 2800. The van der Waals surface area contributed by atoms with Crippen molar-refractivity contribution in [1.29, 1.82) is 5.41 Å². The molecule has 0 aliphatic carbocycles. The Morgan fingerprint density at radius 1 is 0.724 bits per heavy atom. The lowest BCUT2D eigenvalue weighted by Gasteiger charge is -2.28. The van der Waals surface area contributed by atoms with Gasteiger partial charge in [0.15, 0.2) is 5.96 Å². The quantitative estimate of drug-likeness (QED) is 0.0402. The van der Waals surface area contributed by atoms with E-state index in [-0.39, 0.29) is 70.5 Å². The summed E-state index contributed by atoms with van der Waals surface area (Å²) >= 11 is 0. The number of benzene rings is 3. The van der Waals surface area contributed by atoms with Crippen molar-refractivity contribution in [3.05, 3.63) is 84.1 Å². The molecule has 1 aromatic heterocycles. The minimum atomic E-state index is -3.77. The fourth-order valence-electron chi connectivity index (χ4n) is 8.93. The van der Waals surface area contributed by atoms with Gasteiger partial charge in [-0.2, -0.15) is 0 Å². The summed E-state index contributed by atoms with van der Waals surface area (Å²) in [5.41, 5.74) is 7.73.